The van der Waals surface area contributed by atoms with E-state index in [1.54, 1.807) is 0 Å². The Labute approximate surface area is 160 Å². The molecule has 0 bridgehead atoms. The molecular weight excluding hydrogens is 328 g/mol. The summed E-state index contributed by atoms with van der Waals surface area (Å²) in [4.78, 5) is 4.42. The van der Waals surface area contributed by atoms with Crippen LogP contribution in [0.4, 0.5) is 11.4 Å². The number of nitrogens with one attached hydrogen (secondary N) is 1. The topological polar surface area (TPSA) is 24.9 Å². The van der Waals surface area contributed by atoms with Crippen LogP contribution in [-0.4, -0.2) is 4.98 Å². The van der Waals surface area contributed by atoms with Gasteiger partial charge in [-0.2, -0.15) is 0 Å². The Morgan fingerprint density at radius 3 is 2.22 bits per heavy atom. The number of pyridine rings is 1. The van der Waals surface area contributed by atoms with Crippen LogP contribution in [0.1, 0.15) is 16.7 Å². The Bertz CT molecular complexity index is 1010. The number of para-hydroxylation sites is 1. The van der Waals surface area contributed by atoms with Gasteiger partial charge < -0.3 is 5.32 Å². The molecule has 0 unspecified atom stereocenters. The molecule has 132 valence electrons. The minimum atomic E-state index is 0.910. The van der Waals surface area contributed by atoms with Crippen LogP contribution in [-0.2, 0) is 6.42 Å². The van der Waals surface area contributed by atoms with Crippen LogP contribution in [0, 0.1) is 6.92 Å². The second kappa shape index (κ2) is 7.88. The van der Waals surface area contributed by atoms with Gasteiger partial charge in [-0.05, 0) is 66.4 Å². The van der Waals surface area contributed by atoms with Crippen LogP contribution in [0.5, 0.6) is 0 Å². The number of benzene rings is 3. The summed E-state index contributed by atoms with van der Waals surface area (Å²) < 4.78 is 0. The number of aromatic nitrogens is 1. The Morgan fingerprint density at radius 1 is 0.704 bits per heavy atom. The van der Waals surface area contributed by atoms with E-state index < -0.39 is 0 Å². The van der Waals surface area contributed by atoms with Crippen LogP contribution in [0.25, 0.3) is 11.3 Å². The molecule has 0 fully saturated rings. The summed E-state index contributed by atoms with van der Waals surface area (Å²) in [6, 6.07) is 31.6. The predicted octanol–water partition coefficient (Wildman–Crippen LogP) is 6.39. The fraction of sp³-hybridized carbons (Fsp3) is 0.0800. The Kier molecular flexibility index (Phi) is 4.97. The quantitative estimate of drug-likeness (QED) is 0.451. The molecule has 0 saturated heterocycles. The lowest BCUT2D eigenvalue weighted by molar-refractivity contribution is 1.18. The molecule has 1 heterocycles. The summed E-state index contributed by atoms with van der Waals surface area (Å²) in [5.74, 6) is 0. The first kappa shape index (κ1) is 17.0. The van der Waals surface area contributed by atoms with E-state index in [0.29, 0.717) is 0 Å². The van der Waals surface area contributed by atoms with Crippen molar-refractivity contribution in [3.8, 4) is 11.3 Å². The monoisotopic (exact) mass is 350 g/mol. The zero-order valence-corrected chi connectivity index (χ0v) is 15.4. The number of aryl methyl sites for hydroxylation is 1. The molecule has 0 radical (unpaired) electrons. The first-order valence-electron chi connectivity index (χ1n) is 9.19. The van der Waals surface area contributed by atoms with Crippen molar-refractivity contribution in [2.75, 3.05) is 5.32 Å². The van der Waals surface area contributed by atoms with Gasteiger partial charge in [0.2, 0.25) is 0 Å². The molecule has 0 aliphatic heterocycles. The van der Waals surface area contributed by atoms with Crippen LogP contribution < -0.4 is 5.32 Å². The zero-order chi connectivity index (χ0) is 18.5. The lowest BCUT2D eigenvalue weighted by Crippen LogP contribution is -1.95. The third kappa shape index (κ3) is 4.42. The summed E-state index contributed by atoms with van der Waals surface area (Å²) in [7, 11) is 0. The van der Waals surface area contributed by atoms with Crippen molar-refractivity contribution in [2.24, 2.45) is 0 Å². The molecule has 4 rings (SSSR count). The standard InChI is InChI=1S/C25H22N2/c1-19-15-21(18-24(16-19)27-23-7-3-2-4-8-23)17-20-10-12-22(13-11-20)25-9-5-6-14-26-25/h2-16,18,27H,17H2,1H3. The molecule has 0 aliphatic carbocycles. The highest BCUT2D eigenvalue weighted by Gasteiger charge is 2.03. The molecule has 27 heavy (non-hydrogen) atoms. The number of rotatable bonds is 5. The predicted molar refractivity (Wildman–Crippen MR) is 113 cm³/mol. The van der Waals surface area contributed by atoms with E-state index in [2.05, 4.69) is 71.8 Å². The average molecular weight is 350 g/mol. The van der Waals surface area contributed by atoms with Gasteiger partial charge in [0.15, 0.2) is 0 Å². The molecule has 4 aromatic rings. The van der Waals surface area contributed by atoms with Crippen LogP contribution in [0.3, 0.4) is 0 Å². The van der Waals surface area contributed by atoms with E-state index in [1.165, 1.54) is 16.7 Å². The van der Waals surface area contributed by atoms with Gasteiger partial charge in [-0.15, -0.1) is 0 Å². The van der Waals surface area contributed by atoms with Gasteiger partial charge in [0.05, 0.1) is 5.69 Å². The smallest absolute Gasteiger partial charge is 0.0701 e. The van der Waals surface area contributed by atoms with Gasteiger partial charge in [0.1, 0.15) is 0 Å². The molecule has 0 amide bonds. The Balaban J connectivity index is 1.52. The molecule has 0 aliphatic rings. The molecule has 0 atom stereocenters. The summed E-state index contributed by atoms with van der Waals surface area (Å²) in [5.41, 5.74) is 8.25. The minimum absolute atomic E-state index is 0.910. The molecule has 2 nitrogen and oxygen atoms in total. The third-order valence-electron chi connectivity index (χ3n) is 4.52. The highest BCUT2D eigenvalue weighted by Crippen LogP contribution is 2.23. The maximum atomic E-state index is 4.42. The largest absolute Gasteiger partial charge is 0.356 e. The molecule has 1 N–H and O–H groups in total. The van der Waals surface area contributed by atoms with E-state index in [4.69, 9.17) is 0 Å². The van der Waals surface area contributed by atoms with Crippen molar-refractivity contribution < 1.29 is 0 Å². The number of hydrogen-bond donors (Lipinski definition) is 1. The van der Waals surface area contributed by atoms with Crippen molar-refractivity contribution in [3.05, 3.63) is 114 Å². The number of anilines is 2. The molecule has 2 heteroatoms. The van der Waals surface area contributed by atoms with Crippen molar-refractivity contribution in [3.63, 3.8) is 0 Å². The van der Waals surface area contributed by atoms with Gasteiger partial charge in [0.25, 0.3) is 0 Å². The maximum Gasteiger partial charge on any atom is 0.0701 e. The van der Waals surface area contributed by atoms with Crippen molar-refractivity contribution in [1.82, 2.24) is 4.98 Å². The van der Waals surface area contributed by atoms with Crippen LogP contribution in [0.2, 0.25) is 0 Å². The van der Waals surface area contributed by atoms with E-state index >= 15 is 0 Å². The second-order valence-corrected chi connectivity index (χ2v) is 6.79. The molecule has 0 saturated carbocycles. The van der Waals surface area contributed by atoms with Crippen molar-refractivity contribution in [2.45, 2.75) is 13.3 Å². The summed E-state index contributed by atoms with van der Waals surface area (Å²) >= 11 is 0. The average Bonchev–Trinajstić information content (AvgIpc) is 2.70. The van der Waals surface area contributed by atoms with Crippen LogP contribution >= 0.6 is 0 Å². The lowest BCUT2D eigenvalue weighted by atomic mass is 10.0. The number of nitrogens with zero attached hydrogens (tertiary/aromatic N) is 1. The second-order valence-electron chi connectivity index (χ2n) is 6.79. The fourth-order valence-corrected chi connectivity index (χ4v) is 3.29. The molecule has 1 aromatic heterocycles. The molecule has 0 spiro atoms. The zero-order valence-electron chi connectivity index (χ0n) is 15.4. The lowest BCUT2D eigenvalue weighted by Gasteiger charge is -2.11. The Hall–Kier alpha value is -3.39. The van der Waals surface area contributed by atoms with E-state index in [9.17, 15) is 0 Å². The first-order chi connectivity index (χ1) is 13.3. The van der Waals surface area contributed by atoms with Gasteiger partial charge in [-0.1, -0.05) is 54.6 Å². The summed E-state index contributed by atoms with van der Waals surface area (Å²) in [6.07, 6.45) is 2.74. The highest BCUT2D eigenvalue weighted by molar-refractivity contribution is 5.62. The molecular formula is C25H22N2. The maximum absolute atomic E-state index is 4.42. The fourth-order valence-electron chi connectivity index (χ4n) is 3.29. The molecule has 3 aromatic carbocycles. The first-order valence-corrected chi connectivity index (χ1v) is 9.19. The SMILES string of the molecule is Cc1cc(Cc2ccc(-c3ccccn3)cc2)cc(Nc2ccccc2)c1. The van der Waals surface area contributed by atoms with Gasteiger partial charge in [-0.3, -0.25) is 4.98 Å². The van der Waals surface area contributed by atoms with E-state index in [-0.39, 0.29) is 0 Å². The summed E-state index contributed by atoms with van der Waals surface area (Å²) in [6.45, 7) is 2.14. The van der Waals surface area contributed by atoms with Crippen LogP contribution in [0.15, 0.2) is 97.2 Å². The Morgan fingerprint density at radius 2 is 1.48 bits per heavy atom. The number of hydrogen-bond acceptors (Lipinski definition) is 2. The normalized spacial score (nSPS) is 10.6. The third-order valence-corrected chi connectivity index (χ3v) is 4.52. The van der Waals surface area contributed by atoms with Gasteiger partial charge in [-0.25, -0.2) is 0 Å². The highest BCUT2D eigenvalue weighted by atomic mass is 14.9. The van der Waals surface area contributed by atoms with E-state index in [0.717, 1.165) is 29.1 Å². The summed E-state index contributed by atoms with van der Waals surface area (Å²) in [5, 5.41) is 3.49. The van der Waals surface area contributed by atoms with Crippen molar-refractivity contribution >= 4 is 11.4 Å². The van der Waals surface area contributed by atoms with Gasteiger partial charge >= 0.3 is 0 Å². The van der Waals surface area contributed by atoms with E-state index in [1.807, 2.05) is 42.6 Å². The minimum Gasteiger partial charge on any atom is -0.356 e. The van der Waals surface area contributed by atoms with Gasteiger partial charge in [0, 0.05) is 23.1 Å². The van der Waals surface area contributed by atoms with Crippen molar-refractivity contribution in [1.29, 1.82) is 0 Å².